The van der Waals surface area contributed by atoms with E-state index in [9.17, 15) is 0 Å². The molecule has 1 aromatic heterocycles. The Morgan fingerprint density at radius 1 is 1.17 bits per heavy atom. The first-order chi connectivity index (χ1) is 11.1. The number of hydrogen-bond donors (Lipinski definition) is 0. The average molecular weight is 319 g/mol. The molecule has 4 heteroatoms. The Morgan fingerprint density at radius 3 is 2.65 bits per heavy atom. The van der Waals surface area contributed by atoms with E-state index < -0.39 is 0 Å². The second-order valence-corrected chi connectivity index (χ2v) is 8.47. The molecular weight excluding hydrogens is 284 g/mol. The summed E-state index contributed by atoms with van der Waals surface area (Å²) in [4.78, 5) is 2.76. The first-order valence-corrected chi connectivity index (χ1v) is 9.72. The van der Waals surface area contributed by atoms with Crippen LogP contribution in [-0.2, 0) is 6.42 Å². The first kappa shape index (κ1) is 16.9. The minimum atomic E-state index is 0.542. The van der Waals surface area contributed by atoms with Crippen molar-refractivity contribution < 1.29 is 0 Å². The molecule has 2 fully saturated rings. The van der Waals surface area contributed by atoms with Crippen LogP contribution in [0.3, 0.4) is 0 Å². The van der Waals surface area contributed by atoms with Crippen LogP contribution in [0.1, 0.15) is 83.9 Å². The molecule has 1 saturated carbocycles. The lowest BCUT2D eigenvalue weighted by Gasteiger charge is -2.44. The van der Waals surface area contributed by atoms with Crippen molar-refractivity contribution in [2.24, 2.45) is 5.41 Å². The fraction of sp³-hybridized carbons (Fsp3) is 0.895. The predicted molar refractivity (Wildman–Crippen MR) is 94.5 cm³/mol. The van der Waals surface area contributed by atoms with Crippen molar-refractivity contribution in [1.29, 1.82) is 0 Å². The maximum absolute atomic E-state index is 4.40. The van der Waals surface area contributed by atoms with Crippen molar-refractivity contribution in [1.82, 2.24) is 19.9 Å². The summed E-state index contributed by atoms with van der Waals surface area (Å²) in [5.74, 6) is 0. The summed E-state index contributed by atoms with van der Waals surface area (Å²) in [6.45, 7) is 9.58. The van der Waals surface area contributed by atoms with E-state index in [1.807, 2.05) is 0 Å². The molecule has 0 amide bonds. The third-order valence-corrected chi connectivity index (χ3v) is 5.91. The van der Waals surface area contributed by atoms with Crippen molar-refractivity contribution in [2.75, 3.05) is 13.1 Å². The number of piperidine rings is 1. The van der Waals surface area contributed by atoms with Gasteiger partial charge in [-0.2, -0.15) is 0 Å². The molecule has 130 valence electrons. The largest absolute Gasteiger partial charge is 0.300 e. The Morgan fingerprint density at radius 2 is 1.96 bits per heavy atom. The molecule has 1 aliphatic carbocycles. The van der Waals surface area contributed by atoms with E-state index in [4.69, 9.17) is 0 Å². The van der Waals surface area contributed by atoms with Gasteiger partial charge in [-0.25, -0.2) is 4.68 Å². The summed E-state index contributed by atoms with van der Waals surface area (Å²) >= 11 is 0. The summed E-state index contributed by atoms with van der Waals surface area (Å²) in [6, 6.07) is 1.38. The van der Waals surface area contributed by atoms with Crippen LogP contribution >= 0.6 is 0 Å². The van der Waals surface area contributed by atoms with Crippen LogP contribution in [-0.4, -0.2) is 39.0 Å². The molecule has 1 aliphatic heterocycles. The van der Waals surface area contributed by atoms with E-state index in [1.165, 1.54) is 70.2 Å². The van der Waals surface area contributed by atoms with Crippen LogP contribution in [0, 0.1) is 5.41 Å². The lowest BCUT2D eigenvalue weighted by Crippen LogP contribution is -2.45. The highest BCUT2D eigenvalue weighted by Crippen LogP contribution is 2.38. The van der Waals surface area contributed by atoms with E-state index in [0.717, 1.165) is 12.5 Å². The van der Waals surface area contributed by atoms with Gasteiger partial charge >= 0.3 is 0 Å². The van der Waals surface area contributed by atoms with E-state index in [-0.39, 0.29) is 0 Å². The Hall–Kier alpha value is -0.900. The Balaban J connectivity index is 1.51. The topological polar surface area (TPSA) is 34.0 Å². The van der Waals surface area contributed by atoms with Gasteiger partial charge in [0.2, 0.25) is 0 Å². The summed E-state index contributed by atoms with van der Waals surface area (Å²) in [7, 11) is 0. The smallest absolute Gasteiger partial charge is 0.0827 e. The zero-order chi connectivity index (χ0) is 16.3. The van der Waals surface area contributed by atoms with Gasteiger partial charge in [0, 0.05) is 25.3 Å². The highest BCUT2D eigenvalue weighted by molar-refractivity contribution is 4.95. The number of hydrogen-bond acceptors (Lipinski definition) is 3. The predicted octanol–water partition coefficient (Wildman–Crippen LogP) is 4.23. The molecule has 3 rings (SSSR count). The molecule has 4 nitrogen and oxygen atoms in total. The van der Waals surface area contributed by atoms with Crippen LogP contribution in [0.25, 0.3) is 0 Å². The second-order valence-electron chi connectivity index (χ2n) is 8.47. The van der Waals surface area contributed by atoms with Crippen LogP contribution in [0.5, 0.6) is 0 Å². The maximum Gasteiger partial charge on any atom is 0.0827 e. The van der Waals surface area contributed by atoms with Crippen molar-refractivity contribution in [3.8, 4) is 0 Å². The van der Waals surface area contributed by atoms with Crippen molar-refractivity contribution in [2.45, 2.75) is 90.6 Å². The molecule has 0 bridgehead atoms. The molecule has 1 saturated heterocycles. The Bertz CT molecular complexity index is 485. The highest BCUT2D eigenvalue weighted by Gasteiger charge is 2.33. The molecule has 2 heterocycles. The van der Waals surface area contributed by atoms with Gasteiger partial charge < -0.3 is 4.90 Å². The number of aryl methyl sites for hydroxylation is 1. The molecule has 1 aromatic rings. The zero-order valence-electron chi connectivity index (χ0n) is 15.3. The fourth-order valence-electron chi connectivity index (χ4n) is 4.45. The first-order valence-electron chi connectivity index (χ1n) is 9.72. The van der Waals surface area contributed by atoms with E-state index in [0.29, 0.717) is 11.5 Å². The molecule has 23 heavy (non-hydrogen) atoms. The van der Waals surface area contributed by atoms with Crippen LogP contribution in [0.15, 0.2) is 6.20 Å². The van der Waals surface area contributed by atoms with Gasteiger partial charge in [-0.05, 0) is 50.4 Å². The molecule has 0 radical (unpaired) electrons. The van der Waals surface area contributed by atoms with Crippen molar-refractivity contribution in [3.63, 3.8) is 0 Å². The number of aromatic nitrogens is 3. The summed E-state index contributed by atoms with van der Waals surface area (Å²) in [6.07, 6.45) is 13.8. The van der Waals surface area contributed by atoms with Crippen LogP contribution < -0.4 is 0 Å². The lowest BCUT2D eigenvalue weighted by molar-refractivity contribution is 0.0651. The number of nitrogens with zero attached hydrogens (tertiary/aromatic N) is 4. The monoisotopic (exact) mass is 318 g/mol. The molecular formula is C19H34N4. The Labute approximate surface area is 141 Å². The maximum atomic E-state index is 4.40. The summed E-state index contributed by atoms with van der Waals surface area (Å²) in [5.41, 5.74) is 1.71. The van der Waals surface area contributed by atoms with E-state index in [1.54, 1.807) is 0 Å². The number of rotatable bonds is 5. The average Bonchev–Trinajstić information content (AvgIpc) is 3.01. The Kier molecular flexibility index (Phi) is 5.40. The molecule has 1 atom stereocenters. The highest BCUT2D eigenvalue weighted by atomic mass is 15.4. The van der Waals surface area contributed by atoms with Crippen LogP contribution in [0.2, 0.25) is 0 Å². The third-order valence-electron chi connectivity index (χ3n) is 5.91. The minimum absolute atomic E-state index is 0.542. The molecule has 2 aliphatic rings. The third kappa shape index (κ3) is 4.34. The van der Waals surface area contributed by atoms with E-state index >= 15 is 0 Å². The molecule has 0 N–H and O–H groups in total. The van der Waals surface area contributed by atoms with E-state index in [2.05, 4.69) is 46.9 Å². The number of likely N-dealkylation sites (tertiary alicyclic amines) is 1. The standard InChI is InChI=1S/C19H34N4/c1-4-5-7-16-15-23(21-20-16)17-9-12-22(13-10-17)18-8-6-11-19(2,3)14-18/h15,17-18H,4-14H2,1-3H3. The van der Waals surface area contributed by atoms with Crippen molar-refractivity contribution in [3.05, 3.63) is 11.9 Å². The normalized spacial score (nSPS) is 26.5. The molecule has 0 aromatic carbocycles. The van der Waals surface area contributed by atoms with Crippen molar-refractivity contribution >= 4 is 0 Å². The summed E-state index contributed by atoms with van der Waals surface area (Å²) in [5, 5.41) is 8.76. The quantitative estimate of drug-likeness (QED) is 0.815. The van der Waals surface area contributed by atoms with Gasteiger partial charge in [0.25, 0.3) is 0 Å². The SMILES string of the molecule is CCCCc1cn(C2CCN(C3CCCC(C)(C)C3)CC2)nn1. The van der Waals surface area contributed by atoms with Gasteiger partial charge in [-0.15, -0.1) is 5.10 Å². The van der Waals surface area contributed by atoms with Crippen LogP contribution in [0.4, 0.5) is 0 Å². The number of unbranched alkanes of at least 4 members (excludes halogenated alkanes) is 1. The summed E-state index contributed by atoms with van der Waals surface area (Å²) < 4.78 is 2.15. The second kappa shape index (κ2) is 7.33. The molecule has 1 unspecified atom stereocenters. The molecule has 0 spiro atoms. The fourth-order valence-corrected chi connectivity index (χ4v) is 4.45. The van der Waals surface area contributed by atoms with Gasteiger partial charge in [0.15, 0.2) is 0 Å². The minimum Gasteiger partial charge on any atom is -0.300 e. The van der Waals surface area contributed by atoms with Gasteiger partial charge in [0.1, 0.15) is 0 Å². The lowest BCUT2D eigenvalue weighted by atomic mass is 9.74. The van der Waals surface area contributed by atoms with Gasteiger partial charge in [-0.1, -0.05) is 38.8 Å². The van der Waals surface area contributed by atoms with Gasteiger partial charge in [0.05, 0.1) is 11.7 Å². The zero-order valence-corrected chi connectivity index (χ0v) is 15.3. The van der Waals surface area contributed by atoms with Gasteiger partial charge in [-0.3, -0.25) is 0 Å².